The van der Waals surface area contributed by atoms with Crippen molar-refractivity contribution in [3.63, 3.8) is 0 Å². The molecule has 98 valence electrons. The van der Waals surface area contributed by atoms with Crippen LogP contribution in [0, 0.1) is 10.8 Å². The molecule has 0 bridgehead atoms. The Morgan fingerprint density at radius 1 is 0.812 bits per heavy atom. The Labute approximate surface area is 110 Å². The third-order valence-corrected chi connectivity index (χ3v) is 3.82. The van der Waals surface area contributed by atoms with Crippen molar-refractivity contribution in [2.24, 2.45) is 10.8 Å². The van der Waals surface area contributed by atoms with Crippen molar-refractivity contribution in [1.82, 2.24) is 10.6 Å². The van der Waals surface area contributed by atoms with E-state index in [9.17, 15) is 0 Å². The number of rotatable bonds is 4. The van der Waals surface area contributed by atoms with Crippen molar-refractivity contribution >= 4 is 24.8 Å². The summed E-state index contributed by atoms with van der Waals surface area (Å²) in [5.41, 5.74) is 0.468. The fraction of sp³-hybridized carbons (Fsp3) is 1.00. The Kier molecular flexibility index (Phi) is 6.55. The van der Waals surface area contributed by atoms with Gasteiger partial charge in [-0.15, -0.1) is 24.8 Å². The van der Waals surface area contributed by atoms with Gasteiger partial charge in [0.15, 0.2) is 0 Å². The second-order valence-electron chi connectivity index (χ2n) is 4.63. The number of fused-ring (bicyclic) bond motifs is 1. The lowest BCUT2D eigenvalue weighted by Gasteiger charge is -2.37. The van der Waals surface area contributed by atoms with E-state index in [1.165, 1.54) is 0 Å². The van der Waals surface area contributed by atoms with Crippen molar-refractivity contribution in [3.8, 4) is 0 Å². The van der Waals surface area contributed by atoms with Crippen LogP contribution >= 0.6 is 24.8 Å². The largest absolute Gasteiger partial charge is 0.384 e. The van der Waals surface area contributed by atoms with E-state index in [2.05, 4.69) is 10.6 Å². The topological polar surface area (TPSA) is 42.5 Å². The average Bonchev–Trinajstić information content (AvgIpc) is 2.60. The van der Waals surface area contributed by atoms with Crippen LogP contribution in [0.3, 0.4) is 0 Å². The molecule has 0 atom stereocenters. The van der Waals surface area contributed by atoms with Crippen molar-refractivity contribution in [2.75, 3.05) is 53.6 Å². The zero-order valence-corrected chi connectivity index (χ0v) is 11.5. The second kappa shape index (κ2) is 6.38. The predicted octanol–water partition coefficient (Wildman–Crippen LogP) is 0.302. The van der Waals surface area contributed by atoms with Crippen LogP contribution in [0.25, 0.3) is 0 Å². The van der Waals surface area contributed by atoms with Gasteiger partial charge in [-0.25, -0.2) is 0 Å². The molecule has 6 heteroatoms. The summed E-state index contributed by atoms with van der Waals surface area (Å²) in [6.45, 7) is 5.79. The van der Waals surface area contributed by atoms with E-state index in [0.29, 0.717) is 0 Å². The Morgan fingerprint density at radius 3 is 1.38 bits per heavy atom. The van der Waals surface area contributed by atoms with Crippen molar-refractivity contribution < 1.29 is 9.47 Å². The van der Waals surface area contributed by atoms with E-state index < -0.39 is 0 Å². The van der Waals surface area contributed by atoms with E-state index >= 15 is 0 Å². The Balaban J connectivity index is 0.00000112. The smallest absolute Gasteiger partial charge is 0.0550 e. The zero-order chi connectivity index (χ0) is 10.1. The maximum absolute atomic E-state index is 5.37. The first-order chi connectivity index (χ1) is 6.79. The lowest BCUT2D eigenvalue weighted by molar-refractivity contribution is -0.00741. The Hall–Kier alpha value is 0.420. The van der Waals surface area contributed by atoms with Gasteiger partial charge in [0.05, 0.1) is 13.2 Å². The quantitative estimate of drug-likeness (QED) is 0.773. The normalized spacial score (nSPS) is 36.4. The molecule has 0 aromatic rings. The highest BCUT2D eigenvalue weighted by Crippen LogP contribution is 2.46. The van der Waals surface area contributed by atoms with Crippen LogP contribution < -0.4 is 10.6 Å². The molecule has 2 aliphatic rings. The molecule has 0 aliphatic carbocycles. The molecule has 2 N–H and O–H groups in total. The summed E-state index contributed by atoms with van der Waals surface area (Å²) in [5, 5.41) is 6.95. The molecule has 0 aromatic carbocycles. The summed E-state index contributed by atoms with van der Waals surface area (Å²) in [6.07, 6.45) is 0. The predicted molar refractivity (Wildman–Crippen MR) is 68.9 cm³/mol. The minimum absolute atomic E-state index is 0. The summed E-state index contributed by atoms with van der Waals surface area (Å²) in [6, 6.07) is 0. The highest BCUT2D eigenvalue weighted by molar-refractivity contribution is 5.85. The van der Waals surface area contributed by atoms with Crippen molar-refractivity contribution in [3.05, 3.63) is 0 Å². The molecule has 0 saturated carbocycles. The van der Waals surface area contributed by atoms with Gasteiger partial charge in [-0.2, -0.15) is 0 Å². The molecule has 2 aliphatic heterocycles. The van der Waals surface area contributed by atoms with Crippen LogP contribution in [-0.2, 0) is 9.47 Å². The van der Waals surface area contributed by atoms with E-state index in [4.69, 9.17) is 9.47 Å². The lowest BCUT2D eigenvalue weighted by Crippen LogP contribution is -2.46. The molecular weight excluding hydrogens is 251 g/mol. The highest BCUT2D eigenvalue weighted by atomic mass is 35.5. The monoisotopic (exact) mass is 272 g/mol. The summed E-state index contributed by atoms with van der Waals surface area (Å²) in [7, 11) is 3.56. The molecule has 2 heterocycles. The number of nitrogens with one attached hydrogen (secondary N) is 2. The number of hydrogen-bond acceptors (Lipinski definition) is 4. The van der Waals surface area contributed by atoms with Crippen LogP contribution in [0.4, 0.5) is 0 Å². The van der Waals surface area contributed by atoms with Gasteiger partial charge in [-0.3, -0.25) is 0 Å². The lowest BCUT2D eigenvalue weighted by atomic mass is 9.69. The average molecular weight is 273 g/mol. The summed E-state index contributed by atoms with van der Waals surface area (Å²) >= 11 is 0. The summed E-state index contributed by atoms with van der Waals surface area (Å²) < 4.78 is 10.7. The molecule has 4 nitrogen and oxygen atoms in total. The standard InChI is InChI=1S/C10H20N2O2.2ClH/c1-13-7-9-3-11-5-10(9,8-14-2)6-12-4-9;;/h11-12H,3-8H2,1-2H3;2*1H/t9-,10+;;. The number of methoxy groups -OCH3 is 2. The molecule has 2 saturated heterocycles. The van der Waals surface area contributed by atoms with Crippen LogP contribution in [-0.4, -0.2) is 53.6 Å². The minimum Gasteiger partial charge on any atom is -0.384 e. The van der Waals surface area contributed by atoms with Crippen molar-refractivity contribution in [2.45, 2.75) is 0 Å². The molecule has 2 fully saturated rings. The van der Waals surface area contributed by atoms with Gasteiger partial charge in [0, 0.05) is 51.2 Å². The zero-order valence-electron chi connectivity index (χ0n) is 9.88. The van der Waals surface area contributed by atoms with Gasteiger partial charge in [-0.1, -0.05) is 0 Å². The van der Waals surface area contributed by atoms with Crippen LogP contribution in [0.2, 0.25) is 0 Å². The fourth-order valence-corrected chi connectivity index (χ4v) is 3.02. The van der Waals surface area contributed by atoms with Gasteiger partial charge in [0.25, 0.3) is 0 Å². The molecule has 16 heavy (non-hydrogen) atoms. The Morgan fingerprint density at radius 2 is 1.12 bits per heavy atom. The van der Waals surface area contributed by atoms with E-state index in [1.807, 2.05) is 0 Å². The van der Waals surface area contributed by atoms with Gasteiger partial charge in [0.2, 0.25) is 0 Å². The van der Waals surface area contributed by atoms with Gasteiger partial charge < -0.3 is 20.1 Å². The van der Waals surface area contributed by atoms with Crippen molar-refractivity contribution in [1.29, 1.82) is 0 Å². The SMILES string of the molecule is COC[C@]12CNC[C@@]1(COC)CNC2.Cl.Cl. The van der Waals surface area contributed by atoms with Crippen LogP contribution in [0.5, 0.6) is 0 Å². The molecule has 0 unspecified atom stereocenters. The number of hydrogen-bond donors (Lipinski definition) is 2. The maximum atomic E-state index is 5.37. The maximum Gasteiger partial charge on any atom is 0.0550 e. The second-order valence-corrected chi connectivity index (χ2v) is 4.63. The molecule has 0 aromatic heterocycles. The Bertz CT molecular complexity index is 187. The number of ether oxygens (including phenoxy) is 2. The first-order valence-corrected chi connectivity index (χ1v) is 5.18. The fourth-order valence-electron chi connectivity index (χ4n) is 3.02. The molecule has 0 radical (unpaired) electrons. The minimum atomic E-state index is 0. The molecular formula is C10H22Cl2N2O2. The van der Waals surface area contributed by atoms with E-state index in [-0.39, 0.29) is 35.6 Å². The van der Waals surface area contributed by atoms with E-state index in [1.54, 1.807) is 14.2 Å². The van der Waals surface area contributed by atoms with Gasteiger partial charge in [-0.05, 0) is 0 Å². The first kappa shape index (κ1) is 16.4. The van der Waals surface area contributed by atoms with Crippen LogP contribution in [0.1, 0.15) is 0 Å². The summed E-state index contributed by atoms with van der Waals surface area (Å²) in [5.74, 6) is 0. The molecule has 0 spiro atoms. The summed E-state index contributed by atoms with van der Waals surface area (Å²) in [4.78, 5) is 0. The van der Waals surface area contributed by atoms with Gasteiger partial charge >= 0.3 is 0 Å². The van der Waals surface area contributed by atoms with Gasteiger partial charge in [0.1, 0.15) is 0 Å². The molecule has 2 rings (SSSR count). The third kappa shape index (κ3) is 2.33. The highest BCUT2D eigenvalue weighted by Gasteiger charge is 2.58. The molecule has 0 amide bonds. The number of halogens is 2. The first-order valence-electron chi connectivity index (χ1n) is 5.18. The third-order valence-electron chi connectivity index (χ3n) is 3.82. The van der Waals surface area contributed by atoms with Crippen LogP contribution in [0.15, 0.2) is 0 Å². The van der Waals surface area contributed by atoms with E-state index in [0.717, 1.165) is 39.4 Å².